The Balaban J connectivity index is 2.20. The number of amides is 1. The van der Waals surface area contributed by atoms with Crippen molar-refractivity contribution in [2.24, 2.45) is 5.10 Å². The second-order valence-corrected chi connectivity index (χ2v) is 5.00. The topological polar surface area (TPSA) is 87.7 Å². The van der Waals surface area contributed by atoms with Crippen molar-refractivity contribution in [3.05, 3.63) is 59.2 Å². The molecule has 0 radical (unpaired) electrons. The van der Waals surface area contributed by atoms with Crippen molar-refractivity contribution in [1.29, 1.82) is 0 Å². The van der Waals surface area contributed by atoms with Crippen LogP contribution in [0.3, 0.4) is 0 Å². The third-order valence-corrected chi connectivity index (χ3v) is 3.26. The minimum atomic E-state index is -0.321. The number of rotatable bonds is 4. The van der Waals surface area contributed by atoms with Crippen molar-refractivity contribution in [3.8, 4) is 5.75 Å². The van der Waals surface area contributed by atoms with Gasteiger partial charge < -0.3 is 10.8 Å². The number of carbonyl (C=O) groups excluding carboxylic acids is 1. The van der Waals surface area contributed by atoms with E-state index in [1.165, 1.54) is 0 Å². The summed E-state index contributed by atoms with van der Waals surface area (Å²) in [7, 11) is 0. The number of phenolic OH excluding ortho intramolecular Hbond substituents is 1. The molecule has 1 amide bonds. The first kappa shape index (κ1) is 15.6. The number of benzene rings is 2. The summed E-state index contributed by atoms with van der Waals surface area (Å²) >= 11 is 0. The van der Waals surface area contributed by atoms with Gasteiger partial charge in [-0.1, -0.05) is 18.6 Å². The summed E-state index contributed by atoms with van der Waals surface area (Å²) in [6.45, 7) is 3.85. The van der Waals surface area contributed by atoms with Crippen LogP contribution in [0.5, 0.6) is 5.75 Å². The molecule has 5 heteroatoms. The molecular formula is C17H19N3O2. The Kier molecular flexibility index (Phi) is 4.78. The Morgan fingerprint density at radius 1 is 1.23 bits per heavy atom. The number of hydrogen-bond donors (Lipinski definition) is 3. The minimum Gasteiger partial charge on any atom is -0.507 e. The van der Waals surface area contributed by atoms with E-state index in [9.17, 15) is 9.90 Å². The van der Waals surface area contributed by atoms with Gasteiger partial charge in [0.1, 0.15) is 5.75 Å². The Morgan fingerprint density at radius 3 is 2.55 bits per heavy atom. The number of nitrogen functional groups attached to an aromatic ring is 1. The van der Waals surface area contributed by atoms with Gasteiger partial charge in [0.25, 0.3) is 5.91 Å². The van der Waals surface area contributed by atoms with Gasteiger partial charge in [-0.3, -0.25) is 4.79 Å². The highest BCUT2D eigenvalue weighted by molar-refractivity contribution is 6.04. The first-order valence-corrected chi connectivity index (χ1v) is 7.03. The molecule has 2 aromatic carbocycles. The van der Waals surface area contributed by atoms with Gasteiger partial charge in [-0.05, 0) is 49.7 Å². The largest absolute Gasteiger partial charge is 0.507 e. The van der Waals surface area contributed by atoms with Gasteiger partial charge in [-0.2, -0.15) is 5.10 Å². The molecule has 2 rings (SSSR count). The third-order valence-electron chi connectivity index (χ3n) is 3.26. The van der Waals surface area contributed by atoms with Crippen LogP contribution in [0.25, 0.3) is 0 Å². The molecule has 22 heavy (non-hydrogen) atoms. The number of carbonyl (C=O) groups is 1. The molecule has 114 valence electrons. The second kappa shape index (κ2) is 6.76. The number of aromatic hydroxyl groups is 1. The van der Waals surface area contributed by atoms with Gasteiger partial charge in [-0.15, -0.1) is 0 Å². The maximum Gasteiger partial charge on any atom is 0.271 e. The number of phenols is 1. The third kappa shape index (κ3) is 3.63. The van der Waals surface area contributed by atoms with Gasteiger partial charge in [-0.25, -0.2) is 5.43 Å². The smallest absolute Gasteiger partial charge is 0.271 e. The average Bonchev–Trinajstić information content (AvgIpc) is 2.51. The van der Waals surface area contributed by atoms with Gasteiger partial charge in [0.15, 0.2) is 0 Å². The van der Waals surface area contributed by atoms with E-state index in [4.69, 9.17) is 5.73 Å². The number of aryl methyl sites for hydroxylation is 1. The Morgan fingerprint density at radius 2 is 1.91 bits per heavy atom. The van der Waals surface area contributed by atoms with E-state index in [-0.39, 0.29) is 11.7 Å². The fourth-order valence-electron chi connectivity index (χ4n) is 2.03. The van der Waals surface area contributed by atoms with Crippen LogP contribution in [0.15, 0.2) is 47.6 Å². The lowest BCUT2D eigenvalue weighted by atomic mass is 10.0. The Bertz CT molecular complexity index is 706. The maximum absolute atomic E-state index is 12.0. The predicted molar refractivity (Wildman–Crippen MR) is 88.0 cm³/mol. The number of hydrogen-bond acceptors (Lipinski definition) is 4. The fraction of sp³-hybridized carbons (Fsp3) is 0.176. The first-order valence-electron chi connectivity index (χ1n) is 7.03. The van der Waals surface area contributed by atoms with Crippen molar-refractivity contribution >= 4 is 17.3 Å². The van der Waals surface area contributed by atoms with Crippen LogP contribution in [0, 0.1) is 6.92 Å². The number of nitrogens with one attached hydrogen (secondary N) is 1. The van der Waals surface area contributed by atoms with E-state index >= 15 is 0 Å². The molecule has 0 aromatic heterocycles. The standard InChI is InChI=1S/C17H19N3O2/c1-3-15(14-10-11(2)4-9-16(14)21)19-20-17(22)12-5-7-13(18)8-6-12/h4-10,21H,3,18H2,1-2H3,(H,20,22)/b19-15+. The summed E-state index contributed by atoms with van der Waals surface area (Å²) in [4.78, 5) is 12.0. The van der Waals surface area contributed by atoms with Crippen molar-refractivity contribution in [3.63, 3.8) is 0 Å². The highest BCUT2D eigenvalue weighted by Crippen LogP contribution is 2.20. The van der Waals surface area contributed by atoms with E-state index in [2.05, 4.69) is 10.5 Å². The quantitative estimate of drug-likeness (QED) is 0.460. The number of nitrogens with two attached hydrogens (primary N) is 1. The van der Waals surface area contributed by atoms with Crippen molar-refractivity contribution in [2.75, 3.05) is 5.73 Å². The highest BCUT2D eigenvalue weighted by Gasteiger charge is 2.09. The average molecular weight is 297 g/mol. The van der Waals surface area contributed by atoms with Crippen LogP contribution in [0.1, 0.15) is 34.8 Å². The second-order valence-electron chi connectivity index (χ2n) is 5.00. The first-order chi connectivity index (χ1) is 10.5. The van der Waals surface area contributed by atoms with Crippen molar-refractivity contribution in [2.45, 2.75) is 20.3 Å². The zero-order chi connectivity index (χ0) is 16.1. The lowest BCUT2D eigenvalue weighted by Crippen LogP contribution is -2.20. The molecule has 0 unspecified atom stereocenters. The lowest BCUT2D eigenvalue weighted by molar-refractivity contribution is 0.0955. The molecule has 0 saturated carbocycles. The minimum absolute atomic E-state index is 0.146. The molecule has 0 bridgehead atoms. The number of anilines is 1. The molecule has 0 aliphatic carbocycles. The van der Waals surface area contributed by atoms with E-state index in [0.717, 1.165) is 5.56 Å². The monoisotopic (exact) mass is 297 g/mol. The zero-order valence-corrected chi connectivity index (χ0v) is 12.6. The van der Waals surface area contributed by atoms with Gasteiger partial charge in [0, 0.05) is 16.8 Å². The highest BCUT2D eigenvalue weighted by atomic mass is 16.3. The summed E-state index contributed by atoms with van der Waals surface area (Å²) in [5, 5.41) is 14.1. The summed E-state index contributed by atoms with van der Waals surface area (Å²) in [5.41, 5.74) is 11.4. The van der Waals surface area contributed by atoms with Crippen LogP contribution >= 0.6 is 0 Å². The molecule has 0 spiro atoms. The number of hydrazone groups is 1. The van der Waals surface area contributed by atoms with Crippen LogP contribution < -0.4 is 11.2 Å². The molecule has 4 N–H and O–H groups in total. The Labute approximate surface area is 129 Å². The SMILES string of the molecule is CC/C(=N\NC(=O)c1ccc(N)cc1)c1cc(C)ccc1O. The molecule has 0 aliphatic rings. The molecular weight excluding hydrogens is 278 g/mol. The van der Waals surface area contributed by atoms with Crippen molar-refractivity contribution in [1.82, 2.24) is 5.43 Å². The van der Waals surface area contributed by atoms with E-state index in [0.29, 0.717) is 28.9 Å². The van der Waals surface area contributed by atoms with E-state index in [1.807, 2.05) is 26.0 Å². The summed E-state index contributed by atoms with van der Waals surface area (Å²) in [6.07, 6.45) is 0.582. The van der Waals surface area contributed by atoms with Crippen LogP contribution in [-0.2, 0) is 0 Å². The molecule has 0 atom stereocenters. The molecule has 0 aliphatic heterocycles. The predicted octanol–water partition coefficient (Wildman–Crippen LogP) is 2.83. The van der Waals surface area contributed by atoms with E-state index < -0.39 is 0 Å². The van der Waals surface area contributed by atoms with Gasteiger partial charge >= 0.3 is 0 Å². The summed E-state index contributed by atoms with van der Waals surface area (Å²) in [6, 6.07) is 11.9. The normalized spacial score (nSPS) is 11.3. The molecule has 0 fully saturated rings. The molecule has 0 saturated heterocycles. The number of nitrogens with zero attached hydrogens (tertiary/aromatic N) is 1. The molecule has 5 nitrogen and oxygen atoms in total. The zero-order valence-electron chi connectivity index (χ0n) is 12.6. The fourth-order valence-corrected chi connectivity index (χ4v) is 2.03. The summed E-state index contributed by atoms with van der Waals surface area (Å²) < 4.78 is 0. The lowest BCUT2D eigenvalue weighted by Gasteiger charge is -2.08. The Hall–Kier alpha value is -2.82. The van der Waals surface area contributed by atoms with Crippen LogP contribution in [-0.4, -0.2) is 16.7 Å². The molecule has 0 heterocycles. The van der Waals surface area contributed by atoms with Gasteiger partial charge in [0.05, 0.1) is 5.71 Å². The maximum atomic E-state index is 12.0. The van der Waals surface area contributed by atoms with Crippen LogP contribution in [0.4, 0.5) is 5.69 Å². The van der Waals surface area contributed by atoms with Crippen molar-refractivity contribution < 1.29 is 9.90 Å². The molecule has 2 aromatic rings. The summed E-state index contributed by atoms with van der Waals surface area (Å²) in [5.74, 6) is -0.175. The van der Waals surface area contributed by atoms with Gasteiger partial charge in [0.2, 0.25) is 0 Å². The van der Waals surface area contributed by atoms with Crippen LogP contribution in [0.2, 0.25) is 0 Å². The van der Waals surface area contributed by atoms with E-state index in [1.54, 1.807) is 30.3 Å².